The van der Waals surface area contributed by atoms with E-state index in [-0.39, 0.29) is 18.3 Å². The van der Waals surface area contributed by atoms with E-state index in [0.717, 1.165) is 11.1 Å². The molecule has 0 aliphatic heterocycles. The van der Waals surface area contributed by atoms with Crippen LogP contribution in [-0.4, -0.2) is 28.6 Å². The number of nitrogens with zero attached hydrogens (tertiary/aromatic N) is 1. The molecule has 0 aliphatic carbocycles. The molecule has 0 saturated heterocycles. The van der Waals surface area contributed by atoms with Crippen molar-refractivity contribution in [3.05, 3.63) is 96.1 Å². The Balaban J connectivity index is 1.51. The average molecular weight is 412 g/mol. The van der Waals surface area contributed by atoms with E-state index in [1.807, 2.05) is 48.5 Å². The molecule has 6 nitrogen and oxygen atoms in total. The molecule has 0 atom stereocenters. The van der Waals surface area contributed by atoms with Gasteiger partial charge in [0.05, 0.1) is 16.8 Å². The van der Waals surface area contributed by atoms with Crippen LogP contribution in [0.5, 0.6) is 5.75 Å². The third-order valence-electron chi connectivity index (χ3n) is 4.77. The summed E-state index contributed by atoms with van der Waals surface area (Å²) in [6.07, 6.45) is 0. The largest absolute Gasteiger partial charge is 0.508 e. The number of phenolic OH excluding ortho intramolecular Hbond substituents is 1. The molecule has 0 aliphatic rings. The Morgan fingerprint density at radius 1 is 0.903 bits per heavy atom. The molecule has 2 N–H and O–H groups in total. The summed E-state index contributed by atoms with van der Waals surface area (Å²) in [6, 6.07) is 24.9. The Morgan fingerprint density at radius 3 is 2.39 bits per heavy atom. The van der Waals surface area contributed by atoms with Gasteiger partial charge in [0.1, 0.15) is 5.75 Å². The summed E-state index contributed by atoms with van der Waals surface area (Å²) >= 11 is 0. The standard InChI is InChI=1S/C25H20N2O4/c28-19-12-10-18(11-13-19)23-14-21(20-8-4-5-9-22(20)27-23)25(30)31-16-24(29)26-15-17-6-2-1-3-7-17/h1-14,28H,15-16H2,(H,26,29). The topological polar surface area (TPSA) is 88.5 Å². The third kappa shape index (κ3) is 4.87. The lowest BCUT2D eigenvalue weighted by molar-refractivity contribution is -0.124. The lowest BCUT2D eigenvalue weighted by atomic mass is 10.0. The number of fused-ring (bicyclic) bond motifs is 1. The number of nitrogens with one attached hydrogen (secondary N) is 1. The van der Waals surface area contributed by atoms with E-state index in [1.165, 1.54) is 0 Å². The van der Waals surface area contributed by atoms with Crippen molar-refractivity contribution in [2.45, 2.75) is 6.54 Å². The molecule has 0 saturated carbocycles. The van der Waals surface area contributed by atoms with E-state index in [4.69, 9.17) is 4.74 Å². The van der Waals surface area contributed by atoms with Crippen molar-refractivity contribution in [1.29, 1.82) is 0 Å². The van der Waals surface area contributed by atoms with Gasteiger partial charge in [-0.15, -0.1) is 0 Å². The number of carbonyl (C=O) groups is 2. The first-order chi connectivity index (χ1) is 15.1. The summed E-state index contributed by atoms with van der Waals surface area (Å²) in [5.41, 5.74) is 3.23. The summed E-state index contributed by atoms with van der Waals surface area (Å²) < 4.78 is 5.28. The molecule has 0 unspecified atom stereocenters. The summed E-state index contributed by atoms with van der Waals surface area (Å²) in [5.74, 6) is -0.839. The van der Waals surface area contributed by atoms with Crippen LogP contribution >= 0.6 is 0 Å². The highest BCUT2D eigenvalue weighted by Gasteiger charge is 2.16. The Hall–Kier alpha value is -4.19. The van der Waals surface area contributed by atoms with Crippen LogP contribution in [-0.2, 0) is 16.1 Å². The van der Waals surface area contributed by atoms with Crippen molar-refractivity contribution in [3.8, 4) is 17.0 Å². The van der Waals surface area contributed by atoms with Crippen LogP contribution in [0, 0.1) is 0 Å². The van der Waals surface area contributed by atoms with Gasteiger partial charge in [-0.2, -0.15) is 0 Å². The van der Waals surface area contributed by atoms with Crippen molar-refractivity contribution in [3.63, 3.8) is 0 Å². The Morgan fingerprint density at radius 2 is 1.61 bits per heavy atom. The summed E-state index contributed by atoms with van der Waals surface area (Å²) in [7, 11) is 0. The Bertz CT molecular complexity index is 1220. The fraction of sp³-hybridized carbons (Fsp3) is 0.0800. The molecule has 3 aromatic carbocycles. The monoisotopic (exact) mass is 412 g/mol. The van der Waals surface area contributed by atoms with Gasteiger partial charge in [-0.25, -0.2) is 9.78 Å². The van der Waals surface area contributed by atoms with Gasteiger partial charge >= 0.3 is 5.97 Å². The molecule has 0 bridgehead atoms. The normalized spacial score (nSPS) is 10.6. The molecule has 1 amide bonds. The number of rotatable bonds is 6. The molecule has 1 heterocycles. The van der Waals surface area contributed by atoms with Crippen molar-refractivity contribution in [2.75, 3.05) is 6.61 Å². The lowest BCUT2D eigenvalue weighted by Crippen LogP contribution is -2.28. The number of carbonyl (C=O) groups excluding carboxylic acids is 2. The number of aromatic nitrogens is 1. The number of para-hydroxylation sites is 1. The predicted molar refractivity (Wildman–Crippen MR) is 117 cm³/mol. The number of aromatic hydroxyl groups is 1. The first-order valence-electron chi connectivity index (χ1n) is 9.77. The quantitative estimate of drug-likeness (QED) is 0.466. The van der Waals surface area contributed by atoms with Crippen molar-refractivity contribution >= 4 is 22.8 Å². The van der Waals surface area contributed by atoms with Crippen molar-refractivity contribution < 1.29 is 19.4 Å². The summed E-state index contributed by atoms with van der Waals surface area (Å²) in [4.78, 5) is 29.5. The molecule has 0 spiro atoms. The highest BCUT2D eigenvalue weighted by molar-refractivity contribution is 6.05. The number of hydrogen-bond donors (Lipinski definition) is 2. The maximum atomic E-state index is 12.8. The summed E-state index contributed by atoms with van der Waals surface area (Å²) in [6.45, 7) is -0.0166. The van der Waals surface area contributed by atoms with Crippen LogP contribution in [0.25, 0.3) is 22.2 Å². The van der Waals surface area contributed by atoms with Gasteiger partial charge in [0.15, 0.2) is 6.61 Å². The van der Waals surface area contributed by atoms with E-state index >= 15 is 0 Å². The third-order valence-corrected chi connectivity index (χ3v) is 4.77. The number of esters is 1. The van der Waals surface area contributed by atoms with Gasteiger partial charge in [0, 0.05) is 17.5 Å². The first kappa shape index (κ1) is 20.1. The van der Waals surface area contributed by atoms with Gasteiger partial charge in [-0.3, -0.25) is 4.79 Å². The molecular formula is C25H20N2O4. The van der Waals surface area contributed by atoms with Gasteiger partial charge in [-0.05, 0) is 42.0 Å². The molecule has 4 rings (SSSR count). The molecule has 0 radical (unpaired) electrons. The zero-order chi connectivity index (χ0) is 21.6. The van der Waals surface area contributed by atoms with Crippen LogP contribution in [0.1, 0.15) is 15.9 Å². The maximum absolute atomic E-state index is 12.8. The second-order valence-electron chi connectivity index (χ2n) is 6.96. The van der Waals surface area contributed by atoms with Crippen molar-refractivity contribution in [1.82, 2.24) is 10.3 Å². The highest BCUT2D eigenvalue weighted by Crippen LogP contribution is 2.26. The van der Waals surface area contributed by atoms with Crippen LogP contribution in [0.15, 0.2) is 84.9 Å². The van der Waals surface area contributed by atoms with E-state index in [2.05, 4.69) is 10.3 Å². The van der Waals surface area contributed by atoms with Crippen molar-refractivity contribution in [2.24, 2.45) is 0 Å². The van der Waals surface area contributed by atoms with Crippen LogP contribution in [0.2, 0.25) is 0 Å². The molecule has 154 valence electrons. The van der Waals surface area contributed by atoms with Crippen LogP contribution < -0.4 is 5.32 Å². The minimum absolute atomic E-state index is 0.144. The second-order valence-corrected chi connectivity index (χ2v) is 6.96. The number of hydrogen-bond acceptors (Lipinski definition) is 5. The second kappa shape index (κ2) is 9.09. The Labute approximate surface area is 179 Å². The van der Waals surface area contributed by atoms with E-state index in [1.54, 1.807) is 36.4 Å². The SMILES string of the molecule is O=C(COC(=O)c1cc(-c2ccc(O)cc2)nc2ccccc12)NCc1ccccc1. The van der Waals surface area contributed by atoms with Crippen LogP contribution in [0.4, 0.5) is 0 Å². The Kier molecular flexibility index (Phi) is 5.89. The smallest absolute Gasteiger partial charge is 0.339 e. The summed E-state index contributed by atoms with van der Waals surface area (Å²) in [5, 5.41) is 12.9. The van der Waals surface area contributed by atoms with E-state index in [0.29, 0.717) is 28.7 Å². The first-order valence-corrected chi connectivity index (χ1v) is 9.77. The minimum Gasteiger partial charge on any atom is -0.508 e. The number of amides is 1. The predicted octanol–water partition coefficient (Wildman–Crippen LogP) is 4.08. The molecule has 1 aromatic heterocycles. The molecule has 0 fully saturated rings. The zero-order valence-corrected chi connectivity index (χ0v) is 16.6. The highest BCUT2D eigenvalue weighted by atomic mass is 16.5. The fourth-order valence-electron chi connectivity index (χ4n) is 3.18. The van der Waals surface area contributed by atoms with Crippen LogP contribution in [0.3, 0.4) is 0 Å². The number of ether oxygens (including phenoxy) is 1. The fourth-order valence-corrected chi connectivity index (χ4v) is 3.18. The molecule has 4 aromatic rings. The number of phenols is 1. The zero-order valence-electron chi connectivity index (χ0n) is 16.6. The minimum atomic E-state index is -0.603. The van der Waals surface area contributed by atoms with Gasteiger partial charge in [0.2, 0.25) is 0 Å². The van der Waals surface area contributed by atoms with E-state index < -0.39 is 5.97 Å². The molecular weight excluding hydrogens is 392 g/mol. The van der Waals surface area contributed by atoms with Gasteiger partial charge < -0.3 is 15.2 Å². The van der Waals surface area contributed by atoms with E-state index in [9.17, 15) is 14.7 Å². The number of benzene rings is 3. The molecule has 6 heteroatoms. The van der Waals surface area contributed by atoms with Gasteiger partial charge in [-0.1, -0.05) is 48.5 Å². The number of pyridine rings is 1. The van der Waals surface area contributed by atoms with Gasteiger partial charge in [0.25, 0.3) is 5.91 Å². The lowest BCUT2D eigenvalue weighted by Gasteiger charge is -2.10. The molecule has 31 heavy (non-hydrogen) atoms. The maximum Gasteiger partial charge on any atom is 0.339 e. The average Bonchev–Trinajstić information content (AvgIpc) is 2.81.